The third-order valence-corrected chi connectivity index (χ3v) is 4.69. The van der Waals surface area contributed by atoms with Crippen LogP contribution in [0.1, 0.15) is 43.5 Å². The largest absolute Gasteiger partial charge is 0.465 e. The lowest BCUT2D eigenvalue weighted by molar-refractivity contribution is 0.0602. The molecule has 0 aliphatic carbocycles. The standard InChI is InChI=1S/C16H23FN2O2/c1-4-16(2)5-7-19(8-6-16)14-9-11(15(20)21-3)13(18)10-12(14)17/h9-10H,4-8,18H2,1-3H3. The Labute approximate surface area is 125 Å². The van der Waals surface area contributed by atoms with Gasteiger partial charge in [0.15, 0.2) is 0 Å². The maximum atomic E-state index is 14.2. The summed E-state index contributed by atoms with van der Waals surface area (Å²) in [7, 11) is 1.29. The SMILES string of the molecule is CCC1(C)CCN(c2cc(C(=O)OC)c(N)cc2F)CC1. The highest BCUT2D eigenvalue weighted by Gasteiger charge is 2.30. The minimum Gasteiger partial charge on any atom is -0.465 e. The minimum atomic E-state index is -0.538. The molecular formula is C16H23FN2O2. The molecule has 1 aromatic carbocycles. The van der Waals surface area contributed by atoms with Crippen molar-refractivity contribution < 1.29 is 13.9 Å². The highest BCUT2D eigenvalue weighted by molar-refractivity contribution is 5.96. The first-order valence-electron chi connectivity index (χ1n) is 7.32. The molecule has 0 bridgehead atoms. The Bertz CT molecular complexity index is 537. The van der Waals surface area contributed by atoms with Crippen LogP contribution in [0.4, 0.5) is 15.8 Å². The lowest BCUT2D eigenvalue weighted by Crippen LogP contribution is -2.39. The van der Waals surface area contributed by atoms with E-state index in [1.165, 1.54) is 19.2 Å². The first kappa shape index (κ1) is 15.6. The van der Waals surface area contributed by atoms with Crippen LogP contribution in [0.5, 0.6) is 0 Å². The molecule has 116 valence electrons. The van der Waals surface area contributed by atoms with E-state index in [2.05, 4.69) is 18.6 Å². The summed E-state index contributed by atoms with van der Waals surface area (Å²) in [6, 6.07) is 2.71. The number of nitrogens with zero attached hydrogens (tertiary/aromatic N) is 1. The van der Waals surface area contributed by atoms with Crippen molar-refractivity contribution in [3.05, 3.63) is 23.5 Å². The summed E-state index contributed by atoms with van der Waals surface area (Å²) in [5.74, 6) is -0.926. The van der Waals surface area contributed by atoms with E-state index in [0.717, 1.165) is 32.4 Å². The molecule has 1 fully saturated rings. The summed E-state index contributed by atoms with van der Waals surface area (Å²) in [5, 5.41) is 0. The molecule has 0 atom stereocenters. The number of anilines is 2. The number of hydrogen-bond acceptors (Lipinski definition) is 4. The number of carbonyl (C=O) groups excluding carboxylic acids is 1. The van der Waals surface area contributed by atoms with Crippen molar-refractivity contribution in [2.75, 3.05) is 30.8 Å². The average molecular weight is 294 g/mol. The molecule has 0 saturated carbocycles. The van der Waals surface area contributed by atoms with Crippen LogP contribution in [0, 0.1) is 11.2 Å². The molecule has 0 amide bonds. The zero-order valence-electron chi connectivity index (χ0n) is 12.9. The topological polar surface area (TPSA) is 55.6 Å². The number of benzene rings is 1. The van der Waals surface area contributed by atoms with Crippen molar-refractivity contribution in [3.63, 3.8) is 0 Å². The molecule has 21 heavy (non-hydrogen) atoms. The van der Waals surface area contributed by atoms with E-state index < -0.39 is 5.97 Å². The highest BCUT2D eigenvalue weighted by atomic mass is 19.1. The van der Waals surface area contributed by atoms with Gasteiger partial charge in [-0.15, -0.1) is 0 Å². The molecule has 1 aromatic rings. The fourth-order valence-electron chi connectivity index (χ4n) is 2.75. The fraction of sp³-hybridized carbons (Fsp3) is 0.562. The number of ether oxygens (including phenoxy) is 1. The minimum absolute atomic E-state index is 0.110. The lowest BCUT2D eigenvalue weighted by atomic mass is 9.78. The molecule has 0 unspecified atom stereocenters. The molecule has 5 heteroatoms. The Morgan fingerprint density at radius 2 is 2.05 bits per heavy atom. The molecule has 1 saturated heterocycles. The second-order valence-electron chi connectivity index (χ2n) is 6.03. The highest BCUT2D eigenvalue weighted by Crippen LogP contribution is 2.37. The second-order valence-corrected chi connectivity index (χ2v) is 6.03. The van der Waals surface area contributed by atoms with Gasteiger partial charge in [-0.3, -0.25) is 0 Å². The molecule has 2 rings (SSSR count). The smallest absolute Gasteiger partial charge is 0.340 e. The van der Waals surface area contributed by atoms with Crippen LogP contribution in [-0.4, -0.2) is 26.2 Å². The van der Waals surface area contributed by atoms with Crippen molar-refractivity contribution in [2.45, 2.75) is 33.1 Å². The van der Waals surface area contributed by atoms with E-state index in [9.17, 15) is 9.18 Å². The molecule has 0 spiro atoms. The summed E-state index contributed by atoms with van der Waals surface area (Å²) in [4.78, 5) is 13.7. The van der Waals surface area contributed by atoms with Gasteiger partial charge in [-0.2, -0.15) is 0 Å². The molecule has 2 N–H and O–H groups in total. The number of nitrogens with two attached hydrogens (primary N) is 1. The number of piperidine rings is 1. The van der Waals surface area contributed by atoms with Gasteiger partial charge in [0.25, 0.3) is 0 Å². The van der Waals surface area contributed by atoms with Crippen LogP contribution >= 0.6 is 0 Å². The molecule has 0 aromatic heterocycles. The second kappa shape index (κ2) is 5.92. The Kier molecular flexibility index (Phi) is 4.40. The number of nitrogen functional groups attached to an aromatic ring is 1. The van der Waals surface area contributed by atoms with Gasteiger partial charge in [0, 0.05) is 18.8 Å². The summed E-state index contributed by atoms with van der Waals surface area (Å²) in [6.45, 7) is 6.02. The molecule has 1 heterocycles. The zero-order valence-corrected chi connectivity index (χ0v) is 12.9. The summed E-state index contributed by atoms with van der Waals surface area (Å²) < 4.78 is 18.9. The van der Waals surface area contributed by atoms with Crippen LogP contribution in [0.3, 0.4) is 0 Å². The monoisotopic (exact) mass is 294 g/mol. The first-order chi connectivity index (χ1) is 9.90. The summed E-state index contributed by atoms with van der Waals surface area (Å²) >= 11 is 0. The van der Waals surface area contributed by atoms with Crippen LogP contribution in [0.25, 0.3) is 0 Å². The number of esters is 1. The number of methoxy groups -OCH3 is 1. The quantitative estimate of drug-likeness (QED) is 0.687. The van der Waals surface area contributed by atoms with Gasteiger partial charge in [0.05, 0.1) is 18.4 Å². The van der Waals surface area contributed by atoms with E-state index in [1.807, 2.05) is 4.90 Å². The van der Waals surface area contributed by atoms with Crippen LogP contribution < -0.4 is 10.6 Å². The molecular weight excluding hydrogens is 271 g/mol. The third kappa shape index (κ3) is 3.12. The molecule has 1 aliphatic heterocycles. The molecule has 1 aliphatic rings. The third-order valence-electron chi connectivity index (χ3n) is 4.69. The van der Waals surface area contributed by atoms with Crippen LogP contribution in [0.2, 0.25) is 0 Å². The molecule has 0 radical (unpaired) electrons. The van der Waals surface area contributed by atoms with Crippen molar-refractivity contribution >= 4 is 17.3 Å². The van der Waals surface area contributed by atoms with Gasteiger partial charge in [-0.25, -0.2) is 9.18 Å². The summed E-state index contributed by atoms with van der Waals surface area (Å²) in [5.41, 5.74) is 6.79. The average Bonchev–Trinajstić information content (AvgIpc) is 2.48. The normalized spacial score (nSPS) is 17.6. The van der Waals surface area contributed by atoms with Crippen molar-refractivity contribution in [1.29, 1.82) is 0 Å². The first-order valence-corrected chi connectivity index (χ1v) is 7.32. The van der Waals surface area contributed by atoms with Crippen molar-refractivity contribution in [3.8, 4) is 0 Å². The van der Waals surface area contributed by atoms with Crippen molar-refractivity contribution in [1.82, 2.24) is 0 Å². The van der Waals surface area contributed by atoms with Gasteiger partial charge in [-0.1, -0.05) is 20.3 Å². The molecule has 4 nitrogen and oxygen atoms in total. The Morgan fingerprint density at radius 1 is 1.43 bits per heavy atom. The Balaban J connectivity index is 2.26. The number of carbonyl (C=O) groups is 1. The van der Waals surface area contributed by atoms with E-state index in [0.29, 0.717) is 11.1 Å². The van der Waals surface area contributed by atoms with Gasteiger partial charge in [0.1, 0.15) is 5.82 Å². The number of halogens is 1. The van der Waals surface area contributed by atoms with Gasteiger partial charge < -0.3 is 15.4 Å². The van der Waals surface area contributed by atoms with Gasteiger partial charge in [-0.05, 0) is 30.4 Å². The summed E-state index contributed by atoms with van der Waals surface area (Å²) in [6.07, 6.45) is 3.15. The Morgan fingerprint density at radius 3 is 2.57 bits per heavy atom. The van der Waals surface area contributed by atoms with Crippen molar-refractivity contribution in [2.24, 2.45) is 5.41 Å². The van der Waals surface area contributed by atoms with E-state index in [1.54, 1.807) is 0 Å². The predicted molar refractivity (Wildman–Crippen MR) is 82.0 cm³/mol. The van der Waals surface area contributed by atoms with E-state index >= 15 is 0 Å². The zero-order chi connectivity index (χ0) is 15.6. The number of rotatable bonds is 3. The van der Waals surface area contributed by atoms with E-state index in [4.69, 9.17) is 5.73 Å². The van der Waals surface area contributed by atoms with E-state index in [-0.39, 0.29) is 17.1 Å². The van der Waals surface area contributed by atoms with Crippen LogP contribution in [-0.2, 0) is 4.74 Å². The Hall–Kier alpha value is -1.78. The lowest BCUT2D eigenvalue weighted by Gasteiger charge is -2.40. The predicted octanol–water partition coefficient (Wildman–Crippen LogP) is 3.21. The van der Waals surface area contributed by atoms with Gasteiger partial charge in [0.2, 0.25) is 0 Å². The van der Waals surface area contributed by atoms with Gasteiger partial charge >= 0.3 is 5.97 Å². The maximum Gasteiger partial charge on any atom is 0.340 e. The van der Waals surface area contributed by atoms with Crippen LogP contribution in [0.15, 0.2) is 12.1 Å². The maximum absolute atomic E-state index is 14.2. The fourth-order valence-corrected chi connectivity index (χ4v) is 2.75. The number of hydrogen-bond donors (Lipinski definition) is 1.